The molecule has 3 rings (SSSR count). The highest BCUT2D eigenvalue weighted by Gasteiger charge is 2.36. The van der Waals surface area contributed by atoms with Crippen molar-refractivity contribution in [3.8, 4) is 0 Å². The highest BCUT2D eigenvalue weighted by molar-refractivity contribution is 8.12. The monoisotopic (exact) mass is 408 g/mol. The van der Waals surface area contributed by atoms with Gasteiger partial charge < -0.3 is 0 Å². The van der Waals surface area contributed by atoms with Crippen molar-refractivity contribution in [2.45, 2.75) is 0 Å². The van der Waals surface area contributed by atoms with Crippen LogP contribution in [-0.2, 0) is 9.59 Å². The van der Waals surface area contributed by atoms with Crippen molar-refractivity contribution in [1.29, 1.82) is 0 Å². The molecule has 120 valence electrons. The van der Waals surface area contributed by atoms with E-state index in [4.69, 9.17) is 0 Å². The van der Waals surface area contributed by atoms with Crippen LogP contribution in [-0.4, -0.2) is 57.6 Å². The van der Waals surface area contributed by atoms with Crippen LogP contribution in [0.4, 0.5) is 0 Å². The SMILES string of the molecule is O=C1C2=C(SCCSCCS2)C(=O)C2=C1SCCSCCS2. The van der Waals surface area contributed by atoms with Gasteiger partial charge in [0.15, 0.2) is 0 Å². The summed E-state index contributed by atoms with van der Waals surface area (Å²) in [5.74, 6) is 8.08. The maximum atomic E-state index is 12.9. The Hall–Kier alpha value is 0.920. The van der Waals surface area contributed by atoms with Gasteiger partial charge in [-0.15, -0.1) is 47.0 Å². The number of Topliss-reactive ketones (excluding diaryl/α,β-unsaturated/α-hetero) is 2. The van der Waals surface area contributed by atoms with Crippen LogP contribution in [0, 0.1) is 0 Å². The van der Waals surface area contributed by atoms with Gasteiger partial charge in [0, 0.05) is 46.0 Å². The van der Waals surface area contributed by atoms with Crippen LogP contribution in [0.3, 0.4) is 0 Å². The second-order valence-corrected chi connectivity index (χ2v) is 11.5. The molecule has 0 saturated carbocycles. The second kappa shape index (κ2) is 8.85. The topological polar surface area (TPSA) is 34.1 Å². The van der Waals surface area contributed by atoms with E-state index >= 15 is 0 Å². The Morgan fingerprint density at radius 2 is 0.727 bits per heavy atom. The first-order chi connectivity index (χ1) is 10.8. The molecule has 0 atom stereocenters. The number of ketones is 2. The van der Waals surface area contributed by atoms with Gasteiger partial charge in [-0.2, -0.15) is 23.5 Å². The average Bonchev–Trinajstić information content (AvgIpc) is 2.72. The molecule has 2 aliphatic heterocycles. The first-order valence-electron chi connectivity index (χ1n) is 7.03. The van der Waals surface area contributed by atoms with Crippen LogP contribution < -0.4 is 0 Å². The molecule has 0 unspecified atom stereocenters. The molecule has 0 aromatic rings. The Labute approximate surface area is 156 Å². The fourth-order valence-electron chi connectivity index (χ4n) is 2.16. The summed E-state index contributed by atoms with van der Waals surface area (Å²) >= 11 is 10.2. The summed E-state index contributed by atoms with van der Waals surface area (Å²) in [5, 5.41) is 0. The molecule has 0 spiro atoms. The van der Waals surface area contributed by atoms with Gasteiger partial charge in [0.1, 0.15) is 0 Å². The number of hydrogen-bond acceptors (Lipinski definition) is 8. The highest BCUT2D eigenvalue weighted by atomic mass is 32.2. The van der Waals surface area contributed by atoms with E-state index in [0.717, 1.165) is 65.6 Å². The molecule has 0 aromatic carbocycles. The number of carbonyl (C=O) groups is 2. The summed E-state index contributed by atoms with van der Waals surface area (Å²) in [7, 11) is 0. The number of allylic oxidation sites excluding steroid dienone is 4. The normalized spacial score (nSPS) is 25.3. The Morgan fingerprint density at radius 3 is 1.00 bits per heavy atom. The van der Waals surface area contributed by atoms with E-state index in [1.807, 2.05) is 23.5 Å². The van der Waals surface area contributed by atoms with Crippen molar-refractivity contribution < 1.29 is 9.59 Å². The minimum atomic E-state index is 0.110. The highest BCUT2D eigenvalue weighted by Crippen LogP contribution is 2.45. The fraction of sp³-hybridized carbons (Fsp3) is 0.571. The molecular weight excluding hydrogens is 393 g/mol. The van der Waals surface area contributed by atoms with Crippen molar-refractivity contribution >= 4 is 82.1 Å². The van der Waals surface area contributed by atoms with Gasteiger partial charge in [0.2, 0.25) is 11.6 Å². The molecule has 8 heteroatoms. The predicted octanol–water partition coefficient (Wildman–Crippen LogP) is 3.99. The van der Waals surface area contributed by atoms with Gasteiger partial charge in [0.05, 0.1) is 19.6 Å². The van der Waals surface area contributed by atoms with Gasteiger partial charge in [-0.25, -0.2) is 0 Å². The van der Waals surface area contributed by atoms with Crippen LogP contribution in [0.5, 0.6) is 0 Å². The Kier molecular flexibility index (Phi) is 7.14. The standard InChI is InChI=1S/C14H16O2S6/c15-9-11-12(20-6-2-17-1-5-19-11)10(16)14-13(9)21-7-3-18-4-8-22-14/h1-8H2. The largest absolute Gasteiger partial charge is 0.287 e. The van der Waals surface area contributed by atoms with Crippen molar-refractivity contribution in [1.82, 2.24) is 0 Å². The number of hydrogen-bond donors (Lipinski definition) is 0. The molecule has 22 heavy (non-hydrogen) atoms. The first kappa shape index (κ1) is 17.7. The summed E-state index contributed by atoms with van der Waals surface area (Å²) in [6, 6.07) is 0. The lowest BCUT2D eigenvalue weighted by Crippen LogP contribution is -2.20. The third kappa shape index (κ3) is 4.11. The minimum Gasteiger partial charge on any atom is -0.287 e. The molecule has 2 heterocycles. The van der Waals surface area contributed by atoms with Crippen LogP contribution >= 0.6 is 70.6 Å². The molecule has 0 N–H and O–H groups in total. The zero-order valence-corrected chi connectivity index (χ0v) is 16.8. The quantitative estimate of drug-likeness (QED) is 0.557. The molecule has 0 saturated heterocycles. The Morgan fingerprint density at radius 1 is 0.455 bits per heavy atom. The number of carbonyl (C=O) groups excluding carboxylic acids is 2. The first-order valence-corrected chi connectivity index (χ1v) is 13.3. The molecule has 0 radical (unpaired) electrons. The smallest absolute Gasteiger partial charge is 0.208 e. The lowest BCUT2D eigenvalue weighted by molar-refractivity contribution is -0.114. The van der Waals surface area contributed by atoms with Gasteiger partial charge in [-0.05, 0) is 0 Å². The third-order valence-corrected chi connectivity index (χ3v) is 10.7. The van der Waals surface area contributed by atoms with Crippen LogP contribution in [0.25, 0.3) is 0 Å². The lowest BCUT2D eigenvalue weighted by Gasteiger charge is -2.21. The summed E-state index contributed by atoms with van der Waals surface area (Å²) in [6.07, 6.45) is 0. The minimum absolute atomic E-state index is 0.110. The maximum Gasteiger partial charge on any atom is 0.208 e. The van der Waals surface area contributed by atoms with E-state index in [0.29, 0.717) is 0 Å². The summed E-state index contributed by atoms with van der Waals surface area (Å²) in [4.78, 5) is 28.8. The van der Waals surface area contributed by atoms with E-state index in [9.17, 15) is 9.59 Å². The molecule has 0 aromatic heterocycles. The predicted molar refractivity (Wildman–Crippen MR) is 109 cm³/mol. The summed E-state index contributed by atoms with van der Waals surface area (Å²) in [6.45, 7) is 0. The van der Waals surface area contributed by atoms with Crippen molar-refractivity contribution in [2.75, 3.05) is 46.0 Å². The van der Waals surface area contributed by atoms with Crippen LogP contribution in [0.1, 0.15) is 0 Å². The fourth-order valence-corrected chi connectivity index (χ4v) is 9.27. The zero-order chi connectivity index (χ0) is 15.4. The van der Waals surface area contributed by atoms with Crippen LogP contribution in [0.2, 0.25) is 0 Å². The number of rotatable bonds is 0. The Balaban J connectivity index is 1.93. The molecule has 3 aliphatic rings. The molecule has 0 fully saturated rings. The summed E-state index contributed by atoms with van der Waals surface area (Å²) in [5.41, 5.74) is 0. The summed E-state index contributed by atoms with van der Waals surface area (Å²) < 4.78 is 0. The molecule has 2 nitrogen and oxygen atoms in total. The molecule has 1 aliphatic carbocycles. The lowest BCUT2D eigenvalue weighted by atomic mass is 10.1. The molecular formula is C14H16O2S6. The van der Waals surface area contributed by atoms with Gasteiger partial charge in [0.25, 0.3) is 0 Å². The van der Waals surface area contributed by atoms with E-state index < -0.39 is 0 Å². The van der Waals surface area contributed by atoms with Gasteiger partial charge >= 0.3 is 0 Å². The van der Waals surface area contributed by atoms with E-state index in [2.05, 4.69) is 0 Å². The third-order valence-electron chi connectivity index (χ3n) is 3.13. The van der Waals surface area contributed by atoms with Gasteiger partial charge in [-0.3, -0.25) is 9.59 Å². The molecule has 0 bridgehead atoms. The van der Waals surface area contributed by atoms with E-state index in [-0.39, 0.29) is 11.6 Å². The van der Waals surface area contributed by atoms with Crippen molar-refractivity contribution in [3.05, 3.63) is 19.6 Å². The van der Waals surface area contributed by atoms with Crippen LogP contribution in [0.15, 0.2) is 19.6 Å². The molecule has 0 amide bonds. The van der Waals surface area contributed by atoms with E-state index in [1.165, 1.54) is 0 Å². The Bertz CT molecular complexity index is 451. The van der Waals surface area contributed by atoms with Gasteiger partial charge in [-0.1, -0.05) is 0 Å². The number of thioether (sulfide) groups is 6. The van der Waals surface area contributed by atoms with E-state index in [1.54, 1.807) is 47.0 Å². The average molecular weight is 409 g/mol. The zero-order valence-electron chi connectivity index (χ0n) is 11.9. The van der Waals surface area contributed by atoms with Crippen molar-refractivity contribution in [2.24, 2.45) is 0 Å². The van der Waals surface area contributed by atoms with Crippen molar-refractivity contribution in [3.63, 3.8) is 0 Å². The second-order valence-electron chi connectivity index (χ2n) is 4.59. The maximum absolute atomic E-state index is 12.9.